The van der Waals surface area contributed by atoms with Crippen molar-refractivity contribution < 1.29 is 9.59 Å². The van der Waals surface area contributed by atoms with Crippen LogP contribution in [0.5, 0.6) is 0 Å². The molecule has 0 saturated carbocycles. The van der Waals surface area contributed by atoms with Crippen molar-refractivity contribution in [3.05, 3.63) is 64.7 Å². The largest absolute Gasteiger partial charge is 0.339 e. The van der Waals surface area contributed by atoms with Gasteiger partial charge >= 0.3 is 0 Å². The first-order chi connectivity index (χ1) is 12.4. The van der Waals surface area contributed by atoms with Gasteiger partial charge in [-0.15, -0.1) is 0 Å². The number of hydrogen-bond donors (Lipinski definition) is 1. The molecule has 1 fully saturated rings. The van der Waals surface area contributed by atoms with Gasteiger partial charge in [-0.25, -0.2) is 0 Å². The number of benzene rings is 2. The molecule has 2 aromatic rings. The van der Waals surface area contributed by atoms with Gasteiger partial charge in [0.15, 0.2) is 0 Å². The first-order valence-corrected chi connectivity index (χ1v) is 9.22. The summed E-state index contributed by atoms with van der Waals surface area (Å²) >= 11 is 0. The van der Waals surface area contributed by atoms with Crippen LogP contribution in [0.25, 0.3) is 0 Å². The Labute approximate surface area is 155 Å². The lowest BCUT2D eigenvalue weighted by molar-refractivity contribution is 0.0697. The molecule has 136 valence electrons. The molecule has 0 spiro atoms. The number of anilines is 1. The van der Waals surface area contributed by atoms with Gasteiger partial charge in [0.1, 0.15) is 0 Å². The highest BCUT2D eigenvalue weighted by molar-refractivity contribution is 6.06. The number of carbonyl (C=O) groups excluding carboxylic acids is 2. The van der Waals surface area contributed by atoms with Crippen LogP contribution in [0.3, 0.4) is 0 Å². The highest BCUT2D eigenvalue weighted by Crippen LogP contribution is 2.20. The van der Waals surface area contributed by atoms with Crippen LogP contribution in [0, 0.1) is 19.8 Å². The number of hydrogen-bond acceptors (Lipinski definition) is 2. The van der Waals surface area contributed by atoms with Gasteiger partial charge in [-0.2, -0.15) is 0 Å². The molecule has 1 aliphatic rings. The fraction of sp³-hybridized carbons (Fsp3) is 0.364. The monoisotopic (exact) mass is 350 g/mol. The number of nitrogens with one attached hydrogen (secondary N) is 1. The van der Waals surface area contributed by atoms with Crippen LogP contribution in [0.15, 0.2) is 42.5 Å². The van der Waals surface area contributed by atoms with E-state index >= 15 is 0 Å². The lowest BCUT2D eigenvalue weighted by Crippen LogP contribution is -2.38. The van der Waals surface area contributed by atoms with Crippen molar-refractivity contribution in [1.82, 2.24) is 4.90 Å². The van der Waals surface area contributed by atoms with Gasteiger partial charge in [0.25, 0.3) is 11.8 Å². The average Bonchev–Trinajstić information content (AvgIpc) is 2.65. The van der Waals surface area contributed by atoms with E-state index in [-0.39, 0.29) is 11.8 Å². The second-order valence-corrected chi connectivity index (χ2v) is 7.33. The Balaban J connectivity index is 1.75. The summed E-state index contributed by atoms with van der Waals surface area (Å²) in [5, 5.41) is 2.95. The summed E-state index contributed by atoms with van der Waals surface area (Å²) in [5.74, 6) is 0.493. The summed E-state index contributed by atoms with van der Waals surface area (Å²) in [6, 6.07) is 13.0. The number of piperidine rings is 1. The van der Waals surface area contributed by atoms with Gasteiger partial charge in [0, 0.05) is 29.9 Å². The first-order valence-electron chi connectivity index (χ1n) is 9.22. The molecule has 0 aromatic heterocycles. The molecule has 1 aliphatic heterocycles. The Morgan fingerprint density at radius 3 is 2.42 bits per heavy atom. The fourth-order valence-electron chi connectivity index (χ4n) is 3.25. The Hall–Kier alpha value is -2.62. The molecule has 4 nitrogen and oxygen atoms in total. The summed E-state index contributed by atoms with van der Waals surface area (Å²) < 4.78 is 0. The Morgan fingerprint density at radius 1 is 1.00 bits per heavy atom. The summed E-state index contributed by atoms with van der Waals surface area (Å²) in [6.07, 6.45) is 2.08. The van der Waals surface area contributed by atoms with Crippen LogP contribution in [-0.4, -0.2) is 29.8 Å². The van der Waals surface area contributed by atoms with E-state index in [1.165, 1.54) is 0 Å². The van der Waals surface area contributed by atoms with Crippen LogP contribution < -0.4 is 5.32 Å². The second-order valence-electron chi connectivity index (χ2n) is 7.33. The fourth-order valence-corrected chi connectivity index (χ4v) is 3.25. The molecule has 1 N–H and O–H groups in total. The van der Waals surface area contributed by atoms with Crippen LogP contribution >= 0.6 is 0 Å². The van der Waals surface area contributed by atoms with Crippen molar-refractivity contribution in [1.29, 1.82) is 0 Å². The number of nitrogens with zero attached hydrogens (tertiary/aromatic N) is 1. The quantitative estimate of drug-likeness (QED) is 0.890. The van der Waals surface area contributed by atoms with Gasteiger partial charge in [0.05, 0.1) is 0 Å². The van der Waals surface area contributed by atoms with E-state index in [1.807, 2.05) is 36.9 Å². The molecule has 1 heterocycles. The third-order valence-electron chi connectivity index (χ3n) is 5.08. The highest BCUT2D eigenvalue weighted by Gasteiger charge is 2.22. The number of likely N-dealkylation sites (tertiary alicyclic amines) is 1. The third-order valence-corrected chi connectivity index (χ3v) is 5.08. The third kappa shape index (κ3) is 4.13. The first kappa shape index (κ1) is 18.2. The summed E-state index contributed by atoms with van der Waals surface area (Å²) in [4.78, 5) is 27.3. The predicted molar refractivity (Wildman–Crippen MR) is 105 cm³/mol. The molecule has 2 aromatic carbocycles. The minimum atomic E-state index is -0.194. The Kier molecular flexibility index (Phi) is 5.40. The van der Waals surface area contributed by atoms with Crippen molar-refractivity contribution in [2.24, 2.45) is 5.92 Å². The highest BCUT2D eigenvalue weighted by atomic mass is 16.2. The number of rotatable bonds is 3. The maximum atomic E-state index is 12.7. The molecule has 1 saturated heterocycles. The van der Waals surface area contributed by atoms with Crippen LogP contribution in [0.1, 0.15) is 51.6 Å². The van der Waals surface area contributed by atoms with Crippen molar-refractivity contribution in [3.63, 3.8) is 0 Å². The van der Waals surface area contributed by atoms with E-state index in [0.717, 1.165) is 42.7 Å². The van der Waals surface area contributed by atoms with E-state index in [9.17, 15) is 9.59 Å². The molecule has 0 aliphatic carbocycles. The predicted octanol–water partition coefficient (Wildman–Crippen LogP) is 4.43. The van der Waals surface area contributed by atoms with Crippen LogP contribution in [0.4, 0.5) is 5.69 Å². The molecule has 2 amide bonds. The maximum absolute atomic E-state index is 12.7. The van der Waals surface area contributed by atoms with Crippen LogP contribution in [0.2, 0.25) is 0 Å². The molecule has 0 unspecified atom stereocenters. The SMILES string of the molecule is Cc1ccc(C)c(NC(=O)c2cccc(C(=O)N3CCC(C)CC3)c2)c1. The standard InChI is InChI=1S/C22H26N2O2/c1-15-9-11-24(12-10-15)22(26)19-6-4-5-18(14-19)21(25)23-20-13-16(2)7-8-17(20)3/h4-8,13-15H,9-12H2,1-3H3,(H,23,25). The van der Waals surface area contributed by atoms with E-state index in [1.54, 1.807) is 24.3 Å². The van der Waals surface area contributed by atoms with E-state index in [0.29, 0.717) is 17.0 Å². The smallest absolute Gasteiger partial charge is 0.255 e. The van der Waals surface area contributed by atoms with Crippen molar-refractivity contribution >= 4 is 17.5 Å². The number of carbonyl (C=O) groups is 2. The lowest BCUT2D eigenvalue weighted by atomic mass is 9.98. The molecular formula is C22H26N2O2. The minimum Gasteiger partial charge on any atom is -0.339 e. The summed E-state index contributed by atoms with van der Waals surface area (Å²) in [6.45, 7) is 7.76. The van der Waals surface area contributed by atoms with Gasteiger partial charge in [-0.3, -0.25) is 9.59 Å². The summed E-state index contributed by atoms with van der Waals surface area (Å²) in [5.41, 5.74) is 3.99. The number of aryl methyl sites for hydroxylation is 2. The average molecular weight is 350 g/mol. The van der Waals surface area contributed by atoms with Gasteiger partial charge < -0.3 is 10.2 Å². The second kappa shape index (κ2) is 7.73. The molecule has 0 radical (unpaired) electrons. The van der Waals surface area contributed by atoms with Gasteiger partial charge in [-0.05, 0) is 68.0 Å². The van der Waals surface area contributed by atoms with Crippen molar-refractivity contribution in [2.75, 3.05) is 18.4 Å². The zero-order chi connectivity index (χ0) is 18.7. The molecular weight excluding hydrogens is 324 g/mol. The topological polar surface area (TPSA) is 49.4 Å². The Bertz CT molecular complexity index is 821. The van der Waals surface area contributed by atoms with Crippen molar-refractivity contribution in [3.8, 4) is 0 Å². The zero-order valence-corrected chi connectivity index (χ0v) is 15.7. The lowest BCUT2D eigenvalue weighted by Gasteiger charge is -2.30. The molecule has 0 bridgehead atoms. The van der Waals surface area contributed by atoms with E-state index in [2.05, 4.69) is 12.2 Å². The molecule has 3 rings (SSSR count). The maximum Gasteiger partial charge on any atom is 0.255 e. The zero-order valence-electron chi connectivity index (χ0n) is 15.7. The Morgan fingerprint density at radius 2 is 1.69 bits per heavy atom. The van der Waals surface area contributed by atoms with Gasteiger partial charge in [-0.1, -0.05) is 25.1 Å². The van der Waals surface area contributed by atoms with Crippen molar-refractivity contribution in [2.45, 2.75) is 33.6 Å². The molecule has 26 heavy (non-hydrogen) atoms. The van der Waals surface area contributed by atoms with E-state index in [4.69, 9.17) is 0 Å². The van der Waals surface area contributed by atoms with Gasteiger partial charge in [0.2, 0.25) is 0 Å². The summed E-state index contributed by atoms with van der Waals surface area (Å²) in [7, 11) is 0. The normalized spacial score (nSPS) is 15.0. The van der Waals surface area contributed by atoms with E-state index < -0.39 is 0 Å². The number of amides is 2. The molecule has 0 atom stereocenters. The molecule has 4 heteroatoms. The van der Waals surface area contributed by atoms with Crippen LogP contribution in [-0.2, 0) is 0 Å². The minimum absolute atomic E-state index is 0.0123.